The van der Waals surface area contributed by atoms with Crippen LogP contribution in [0.15, 0.2) is 98.1 Å². The van der Waals surface area contributed by atoms with E-state index < -0.39 is 20.2 Å². The summed E-state index contributed by atoms with van der Waals surface area (Å²) in [5, 5.41) is 4.40. The van der Waals surface area contributed by atoms with Crippen LogP contribution in [0, 0.1) is 41.5 Å². The molecule has 0 radical (unpaired) electrons. The quantitative estimate of drug-likeness (QED) is 0.147. The maximum absolute atomic E-state index is 12.4. The predicted molar refractivity (Wildman–Crippen MR) is 184 cm³/mol. The van der Waals surface area contributed by atoms with Crippen molar-refractivity contribution in [2.24, 2.45) is 4.99 Å². The fraction of sp³-hybridized carbons (Fsp3) is 0.162. The summed E-state index contributed by atoms with van der Waals surface area (Å²) in [6.07, 6.45) is 0. The number of aryl methyl sites for hydroxylation is 5. The Labute approximate surface area is 307 Å². The molecule has 2 aliphatic rings. The summed E-state index contributed by atoms with van der Waals surface area (Å²) in [5.41, 5.74) is 8.02. The van der Waals surface area contributed by atoms with Crippen LogP contribution in [0.2, 0.25) is 0 Å². The smallest absolute Gasteiger partial charge is 0.744 e. The molecule has 0 spiro atoms. The molecule has 1 N–H and O–H groups in total. The average Bonchev–Trinajstić information content (AvgIpc) is 2.98. The SMILES string of the molecule is Cc1cc(C)c(N=c2ccc3c(-c4ccccc4S(=O)(=O)[O-])c4ccc(Nc5c(C)cc(C)c(S(=O)(=O)[O-])c5C)cc4oc-3c2)c(C)c1.[Na+]. The second-order valence-electron chi connectivity index (χ2n) is 12.1. The Morgan fingerprint density at radius 2 is 1.37 bits per heavy atom. The molecular formula is C37H32N2NaO7S2-. The van der Waals surface area contributed by atoms with Crippen molar-refractivity contribution in [3.8, 4) is 22.5 Å². The number of nitrogens with zero attached hydrogens (tertiary/aromatic N) is 1. The number of benzene rings is 5. The van der Waals surface area contributed by atoms with E-state index >= 15 is 0 Å². The molecule has 1 aliphatic carbocycles. The van der Waals surface area contributed by atoms with Gasteiger partial charge in [0, 0.05) is 45.6 Å². The van der Waals surface area contributed by atoms with Gasteiger partial charge in [0.25, 0.3) is 0 Å². The van der Waals surface area contributed by atoms with Gasteiger partial charge in [-0.15, -0.1) is 0 Å². The second kappa shape index (κ2) is 13.5. The van der Waals surface area contributed by atoms with Crippen LogP contribution in [0.25, 0.3) is 33.4 Å². The zero-order valence-corrected chi connectivity index (χ0v) is 31.8. The summed E-state index contributed by atoms with van der Waals surface area (Å²) in [7, 11) is -9.58. The molecule has 0 unspecified atom stereocenters. The Morgan fingerprint density at radius 3 is 2.02 bits per heavy atom. The molecule has 0 bridgehead atoms. The molecule has 4 aromatic carbocycles. The molecule has 12 heteroatoms. The van der Waals surface area contributed by atoms with E-state index in [-0.39, 0.29) is 44.9 Å². The maximum atomic E-state index is 12.4. The van der Waals surface area contributed by atoms with Gasteiger partial charge in [-0.05, 0) is 99.7 Å². The summed E-state index contributed by atoms with van der Waals surface area (Å²) >= 11 is 0. The Balaban J connectivity index is 0.00000468. The molecule has 0 atom stereocenters. The van der Waals surface area contributed by atoms with Gasteiger partial charge in [-0.2, -0.15) is 0 Å². The third-order valence-corrected chi connectivity index (χ3v) is 10.5. The number of hydrogen-bond donors (Lipinski definition) is 1. The predicted octanol–water partition coefficient (Wildman–Crippen LogP) is 4.84. The van der Waals surface area contributed by atoms with Crippen molar-refractivity contribution < 1.29 is 59.9 Å². The summed E-state index contributed by atoms with van der Waals surface area (Å²) in [5.74, 6) is 0.402. The molecule has 49 heavy (non-hydrogen) atoms. The maximum Gasteiger partial charge on any atom is 1.00 e. The first-order valence-corrected chi connectivity index (χ1v) is 17.9. The molecule has 9 nitrogen and oxygen atoms in total. The van der Waals surface area contributed by atoms with E-state index in [9.17, 15) is 25.9 Å². The van der Waals surface area contributed by atoms with Crippen LogP contribution in [0.1, 0.15) is 33.4 Å². The van der Waals surface area contributed by atoms with Gasteiger partial charge in [0.2, 0.25) is 0 Å². The van der Waals surface area contributed by atoms with Crippen molar-refractivity contribution in [3.05, 3.63) is 118 Å². The third-order valence-electron chi connectivity index (χ3n) is 8.43. The molecule has 0 amide bonds. The van der Waals surface area contributed by atoms with Crippen molar-refractivity contribution in [2.45, 2.75) is 51.3 Å². The molecule has 0 saturated heterocycles. The van der Waals surface area contributed by atoms with E-state index in [0.717, 1.165) is 27.9 Å². The Morgan fingerprint density at radius 1 is 0.694 bits per heavy atom. The van der Waals surface area contributed by atoms with Crippen molar-refractivity contribution in [1.29, 1.82) is 0 Å². The minimum atomic E-state index is -4.85. The van der Waals surface area contributed by atoms with Crippen LogP contribution in [-0.2, 0) is 20.2 Å². The monoisotopic (exact) mass is 703 g/mol. The first-order chi connectivity index (χ1) is 22.5. The van der Waals surface area contributed by atoms with E-state index in [1.54, 1.807) is 62.4 Å². The number of hydrogen-bond acceptors (Lipinski definition) is 9. The van der Waals surface area contributed by atoms with E-state index in [1.807, 2.05) is 33.8 Å². The molecule has 246 valence electrons. The molecule has 0 saturated carbocycles. The van der Waals surface area contributed by atoms with Crippen LogP contribution in [0.5, 0.6) is 0 Å². The largest absolute Gasteiger partial charge is 1.00 e. The van der Waals surface area contributed by atoms with Gasteiger partial charge in [-0.3, -0.25) is 0 Å². The number of nitrogens with one attached hydrogen (secondary N) is 1. The fourth-order valence-corrected chi connectivity index (χ4v) is 8.19. The molecule has 0 fully saturated rings. The molecule has 4 aromatic rings. The van der Waals surface area contributed by atoms with Gasteiger partial charge in [0.15, 0.2) is 0 Å². The van der Waals surface area contributed by atoms with Gasteiger partial charge in [0.05, 0.1) is 20.8 Å². The standard InChI is InChI=1S/C37H34N2O7S2.Na/c1-20-15-21(2)35(22(3)16-20)38-26-11-13-28-31(18-26)46-32-19-27(39-36-23(4)17-24(5)37(25(36)6)48(43,44)45)12-14-29(32)34(28)30-9-7-8-10-33(30)47(40,41)42;/h7-19,39H,1-6H3,(H,40,41,42)(H,43,44,45);/q;+1/p-2. The summed E-state index contributed by atoms with van der Waals surface area (Å²) in [6, 6.07) is 22.4. The van der Waals surface area contributed by atoms with Crippen molar-refractivity contribution in [2.75, 3.05) is 5.32 Å². The van der Waals surface area contributed by atoms with Crippen LogP contribution in [0.4, 0.5) is 17.1 Å². The van der Waals surface area contributed by atoms with Crippen molar-refractivity contribution in [1.82, 2.24) is 0 Å². The van der Waals surface area contributed by atoms with Crippen LogP contribution in [0.3, 0.4) is 0 Å². The zero-order valence-electron chi connectivity index (χ0n) is 28.1. The van der Waals surface area contributed by atoms with Crippen molar-refractivity contribution in [3.63, 3.8) is 0 Å². The van der Waals surface area contributed by atoms with E-state index in [0.29, 0.717) is 55.7 Å². The van der Waals surface area contributed by atoms with Crippen molar-refractivity contribution >= 4 is 48.3 Å². The zero-order chi connectivity index (χ0) is 34.7. The minimum Gasteiger partial charge on any atom is -0.744 e. The van der Waals surface area contributed by atoms with Gasteiger partial charge in [-0.25, -0.2) is 21.8 Å². The summed E-state index contributed by atoms with van der Waals surface area (Å²) in [6.45, 7) is 11.0. The third kappa shape index (κ3) is 7.11. The van der Waals surface area contributed by atoms with E-state index in [2.05, 4.69) is 17.4 Å². The molecule has 0 aromatic heterocycles. The van der Waals surface area contributed by atoms with E-state index in [4.69, 9.17) is 9.41 Å². The van der Waals surface area contributed by atoms with Crippen LogP contribution >= 0.6 is 0 Å². The van der Waals surface area contributed by atoms with Crippen LogP contribution < -0.4 is 40.2 Å². The van der Waals surface area contributed by atoms with Gasteiger partial charge in [0.1, 0.15) is 31.6 Å². The molecule has 6 rings (SSSR count). The fourth-order valence-electron chi connectivity index (χ4n) is 6.57. The number of fused-ring (bicyclic) bond motifs is 2. The first-order valence-electron chi connectivity index (χ1n) is 15.0. The molecule has 1 heterocycles. The van der Waals surface area contributed by atoms with Gasteiger partial charge < -0.3 is 18.8 Å². The normalized spacial score (nSPS) is 12.4. The van der Waals surface area contributed by atoms with Gasteiger partial charge in [-0.1, -0.05) is 42.0 Å². The number of anilines is 2. The van der Waals surface area contributed by atoms with E-state index in [1.165, 1.54) is 12.1 Å². The summed E-state index contributed by atoms with van der Waals surface area (Å²) < 4.78 is 80.0. The Kier molecular flexibility index (Phi) is 10.0. The Bertz CT molecular complexity index is 2540. The van der Waals surface area contributed by atoms with Crippen LogP contribution in [-0.4, -0.2) is 25.9 Å². The molecular weight excluding hydrogens is 672 g/mol. The Hall–Kier alpha value is -3.81. The average molecular weight is 704 g/mol. The number of rotatable bonds is 6. The first kappa shape index (κ1) is 36.5. The minimum absolute atomic E-state index is 0. The molecule has 1 aliphatic heterocycles. The second-order valence-corrected chi connectivity index (χ2v) is 14.8. The summed E-state index contributed by atoms with van der Waals surface area (Å²) in [4.78, 5) is 4.27. The van der Waals surface area contributed by atoms with Gasteiger partial charge >= 0.3 is 29.6 Å². The topological polar surface area (TPSA) is 152 Å².